The standard InChI is InChI=1S/C17H24N2S/c1-15-5-3-4-6-17(15)13-19(2)11-10-18-9-7-16-8-12-20-14-16/h3-6,8,12,14,18H,7,9-11,13H2,1-2H3. The van der Waals surface area contributed by atoms with Gasteiger partial charge in [0.15, 0.2) is 0 Å². The monoisotopic (exact) mass is 288 g/mol. The minimum atomic E-state index is 1.03. The zero-order valence-corrected chi connectivity index (χ0v) is 13.2. The van der Waals surface area contributed by atoms with Crippen LogP contribution in [0.1, 0.15) is 16.7 Å². The van der Waals surface area contributed by atoms with Crippen molar-refractivity contribution < 1.29 is 0 Å². The van der Waals surface area contributed by atoms with Crippen LogP contribution >= 0.6 is 11.3 Å². The lowest BCUT2D eigenvalue weighted by Crippen LogP contribution is -2.30. The van der Waals surface area contributed by atoms with Gasteiger partial charge in [-0.05, 0) is 60.5 Å². The van der Waals surface area contributed by atoms with Crippen LogP contribution in [0.25, 0.3) is 0 Å². The van der Waals surface area contributed by atoms with Crippen molar-refractivity contribution >= 4 is 11.3 Å². The van der Waals surface area contributed by atoms with E-state index in [4.69, 9.17) is 0 Å². The van der Waals surface area contributed by atoms with E-state index in [1.807, 2.05) is 0 Å². The molecule has 2 nitrogen and oxygen atoms in total. The van der Waals surface area contributed by atoms with Crippen molar-refractivity contribution in [2.45, 2.75) is 19.9 Å². The van der Waals surface area contributed by atoms with E-state index in [1.165, 1.54) is 16.7 Å². The predicted octanol–water partition coefficient (Wildman–Crippen LogP) is 3.32. The van der Waals surface area contributed by atoms with E-state index in [0.29, 0.717) is 0 Å². The molecule has 1 aromatic carbocycles. The summed E-state index contributed by atoms with van der Waals surface area (Å²) >= 11 is 1.77. The molecule has 0 aliphatic heterocycles. The van der Waals surface area contributed by atoms with Crippen molar-refractivity contribution in [1.82, 2.24) is 10.2 Å². The fraction of sp³-hybridized carbons (Fsp3) is 0.412. The summed E-state index contributed by atoms with van der Waals surface area (Å²) < 4.78 is 0. The Kier molecular flexibility index (Phi) is 6.25. The van der Waals surface area contributed by atoms with E-state index in [0.717, 1.165) is 32.6 Å². The maximum atomic E-state index is 3.52. The Hall–Kier alpha value is -1.16. The first-order chi connectivity index (χ1) is 9.75. The van der Waals surface area contributed by atoms with E-state index in [1.54, 1.807) is 11.3 Å². The van der Waals surface area contributed by atoms with Crippen LogP contribution in [0.2, 0.25) is 0 Å². The number of hydrogen-bond donors (Lipinski definition) is 1. The van der Waals surface area contributed by atoms with Crippen LogP contribution in [0.4, 0.5) is 0 Å². The number of rotatable bonds is 8. The van der Waals surface area contributed by atoms with Crippen LogP contribution < -0.4 is 5.32 Å². The number of aryl methyl sites for hydroxylation is 1. The van der Waals surface area contributed by atoms with Crippen molar-refractivity contribution in [2.75, 3.05) is 26.7 Å². The summed E-state index contributed by atoms with van der Waals surface area (Å²) in [5.74, 6) is 0. The average molecular weight is 288 g/mol. The minimum absolute atomic E-state index is 1.03. The van der Waals surface area contributed by atoms with Gasteiger partial charge in [0.25, 0.3) is 0 Å². The molecule has 1 aromatic heterocycles. The fourth-order valence-electron chi connectivity index (χ4n) is 2.22. The first kappa shape index (κ1) is 15.2. The Balaban J connectivity index is 1.60. The molecule has 0 bridgehead atoms. The third kappa shape index (κ3) is 5.08. The molecule has 0 aliphatic rings. The molecule has 0 fully saturated rings. The summed E-state index contributed by atoms with van der Waals surface area (Å²) in [7, 11) is 2.19. The molecule has 0 spiro atoms. The van der Waals surface area contributed by atoms with Gasteiger partial charge in [-0.3, -0.25) is 0 Å². The average Bonchev–Trinajstić information content (AvgIpc) is 2.94. The highest BCUT2D eigenvalue weighted by Gasteiger charge is 2.02. The van der Waals surface area contributed by atoms with E-state index in [9.17, 15) is 0 Å². The first-order valence-electron chi connectivity index (χ1n) is 7.20. The zero-order chi connectivity index (χ0) is 14.2. The van der Waals surface area contributed by atoms with E-state index >= 15 is 0 Å². The van der Waals surface area contributed by atoms with Gasteiger partial charge in [-0.15, -0.1) is 0 Å². The highest BCUT2D eigenvalue weighted by molar-refractivity contribution is 7.07. The van der Waals surface area contributed by atoms with Crippen LogP contribution in [0, 0.1) is 6.92 Å². The number of hydrogen-bond acceptors (Lipinski definition) is 3. The van der Waals surface area contributed by atoms with E-state index < -0.39 is 0 Å². The quantitative estimate of drug-likeness (QED) is 0.750. The van der Waals surface area contributed by atoms with Gasteiger partial charge in [-0.1, -0.05) is 24.3 Å². The molecule has 0 unspecified atom stereocenters. The fourth-order valence-corrected chi connectivity index (χ4v) is 2.92. The molecule has 0 amide bonds. The van der Waals surface area contributed by atoms with Gasteiger partial charge in [0.1, 0.15) is 0 Å². The van der Waals surface area contributed by atoms with Gasteiger partial charge in [0, 0.05) is 19.6 Å². The van der Waals surface area contributed by atoms with Crippen LogP contribution in [0.3, 0.4) is 0 Å². The van der Waals surface area contributed by atoms with Crippen LogP contribution in [0.5, 0.6) is 0 Å². The molecular weight excluding hydrogens is 264 g/mol. The second kappa shape index (κ2) is 8.20. The van der Waals surface area contributed by atoms with Crippen LogP contribution in [-0.4, -0.2) is 31.6 Å². The summed E-state index contributed by atoms with van der Waals surface area (Å²) in [6.45, 7) is 6.40. The molecule has 1 N–H and O–H groups in total. The Bertz CT molecular complexity index is 493. The van der Waals surface area contributed by atoms with Gasteiger partial charge >= 0.3 is 0 Å². The van der Waals surface area contributed by atoms with Gasteiger partial charge in [-0.25, -0.2) is 0 Å². The molecule has 0 saturated carbocycles. The van der Waals surface area contributed by atoms with Crippen LogP contribution in [0.15, 0.2) is 41.1 Å². The highest BCUT2D eigenvalue weighted by atomic mass is 32.1. The van der Waals surface area contributed by atoms with E-state index in [-0.39, 0.29) is 0 Å². The maximum absolute atomic E-state index is 3.52. The molecule has 0 aliphatic carbocycles. The van der Waals surface area contributed by atoms with Crippen molar-refractivity contribution in [1.29, 1.82) is 0 Å². The molecule has 20 heavy (non-hydrogen) atoms. The van der Waals surface area contributed by atoms with Gasteiger partial charge in [-0.2, -0.15) is 11.3 Å². The summed E-state index contributed by atoms with van der Waals surface area (Å²) in [6, 6.07) is 10.8. The normalized spacial score (nSPS) is 11.2. The smallest absolute Gasteiger partial charge is 0.0233 e. The third-order valence-corrected chi connectivity index (χ3v) is 4.27. The van der Waals surface area contributed by atoms with Crippen LogP contribution in [-0.2, 0) is 13.0 Å². The summed E-state index contributed by atoms with van der Waals surface area (Å²) in [4.78, 5) is 2.37. The highest BCUT2D eigenvalue weighted by Crippen LogP contribution is 2.09. The molecule has 3 heteroatoms. The lowest BCUT2D eigenvalue weighted by atomic mass is 10.1. The van der Waals surface area contributed by atoms with Crippen molar-refractivity contribution in [3.05, 3.63) is 57.8 Å². The molecule has 0 saturated heterocycles. The maximum Gasteiger partial charge on any atom is 0.0233 e. The topological polar surface area (TPSA) is 15.3 Å². The molecule has 1 heterocycles. The summed E-state index contributed by atoms with van der Waals surface area (Å²) in [5.41, 5.74) is 4.24. The number of benzene rings is 1. The largest absolute Gasteiger partial charge is 0.315 e. The molecule has 2 aromatic rings. The molecule has 0 atom stereocenters. The molecular formula is C17H24N2S. The number of nitrogens with one attached hydrogen (secondary N) is 1. The second-order valence-electron chi connectivity index (χ2n) is 5.30. The van der Waals surface area contributed by atoms with Gasteiger partial charge in [0.2, 0.25) is 0 Å². The number of likely N-dealkylation sites (N-methyl/N-ethyl adjacent to an activating group) is 1. The lowest BCUT2D eigenvalue weighted by Gasteiger charge is -2.18. The Labute approximate surface area is 126 Å². The first-order valence-corrected chi connectivity index (χ1v) is 8.15. The van der Waals surface area contributed by atoms with Crippen molar-refractivity contribution in [2.24, 2.45) is 0 Å². The SMILES string of the molecule is Cc1ccccc1CN(C)CCNCCc1ccsc1. The Morgan fingerprint density at radius 1 is 1.15 bits per heavy atom. The summed E-state index contributed by atoms with van der Waals surface area (Å²) in [6.07, 6.45) is 1.13. The number of nitrogens with zero attached hydrogens (tertiary/aromatic N) is 1. The van der Waals surface area contributed by atoms with Gasteiger partial charge in [0.05, 0.1) is 0 Å². The number of thiophene rings is 1. The second-order valence-corrected chi connectivity index (χ2v) is 6.08. The lowest BCUT2D eigenvalue weighted by molar-refractivity contribution is 0.324. The zero-order valence-electron chi connectivity index (χ0n) is 12.4. The predicted molar refractivity (Wildman–Crippen MR) is 88.4 cm³/mol. The minimum Gasteiger partial charge on any atom is -0.315 e. The summed E-state index contributed by atoms with van der Waals surface area (Å²) in [5, 5.41) is 7.89. The van der Waals surface area contributed by atoms with Crippen molar-refractivity contribution in [3.63, 3.8) is 0 Å². The Morgan fingerprint density at radius 3 is 2.75 bits per heavy atom. The van der Waals surface area contributed by atoms with Crippen molar-refractivity contribution in [3.8, 4) is 0 Å². The molecule has 108 valence electrons. The third-order valence-electron chi connectivity index (χ3n) is 3.54. The molecule has 2 rings (SSSR count). The molecule has 0 radical (unpaired) electrons. The Morgan fingerprint density at radius 2 is 2.00 bits per heavy atom. The van der Waals surface area contributed by atoms with E-state index in [2.05, 4.69) is 65.3 Å². The van der Waals surface area contributed by atoms with Gasteiger partial charge < -0.3 is 10.2 Å².